The lowest BCUT2D eigenvalue weighted by Gasteiger charge is -2.50. The lowest BCUT2D eigenvalue weighted by atomic mass is 9.59. The quantitative estimate of drug-likeness (QED) is 0.936. The fourth-order valence-corrected chi connectivity index (χ4v) is 3.22. The topological polar surface area (TPSA) is 60.2 Å². The van der Waals surface area contributed by atoms with Crippen molar-refractivity contribution in [3.8, 4) is 11.8 Å². The Kier molecular flexibility index (Phi) is 3.42. The summed E-state index contributed by atoms with van der Waals surface area (Å²) in [5.74, 6) is 1.24. The molecule has 6 heteroatoms. The van der Waals surface area contributed by atoms with E-state index in [4.69, 9.17) is 20.8 Å². The molecule has 112 valence electrons. The minimum Gasteiger partial charge on any atom is -0.410 e. The van der Waals surface area contributed by atoms with Crippen LogP contribution in [0.25, 0.3) is 0 Å². The molecule has 1 N–H and O–H groups in total. The molecule has 0 saturated heterocycles. The molecule has 1 aromatic carbocycles. The van der Waals surface area contributed by atoms with Crippen LogP contribution in [-0.4, -0.2) is 22.8 Å². The van der Waals surface area contributed by atoms with E-state index in [2.05, 4.69) is 29.4 Å². The second-order valence-electron chi connectivity index (χ2n) is 6.15. The summed E-state index contributed by atoms with van der Waals surface area (Å²) in [6, 6.07) is 7.02. The van der Waals surface area contributed by atoms with E-state index in [9.17, 15) is 0 Å². The fraction of sp³-hybridized carbons (Fsp3) is 0.467. The molecule has 2 aromatic rings. The molecule has 0 spiro atoms. The zero-order valence-electron chi connectivity index (χ0n) is 12.3. The molecule has 3 rings (SSSR count). The van der Waals surface area contributed by atoms with Gasteiger partial charge in [-0.05, 0) is 51.1 Å². The summed E-state index contributed by atoms with van der Waals surface area (Å²) in [5.41, 5.74) is 0.0484. The summed E-state index contributed by atoms with van der Waals surface area (Å²) in [5, 5.41) is 12.1. The maximum Gasteiger partial charge on any atom is 0.420 e. The molecule has 0 aliphatic heterocycles. The van der Waals surface area contributed by atoms with Crippen LogP contribution in [-0.2, 0) is 5.41 Å². The van der Waals surface area contributed by atoms with Gasteiger partial charge < -0.3 is 14.5 Å². The average Bonchev–Trinajstić information content (AvgIpc) is 2.89. The van der Waals surface area contributed by atoms with E-state index < -0.39 is 0 Å². The molecule has 1 aliphatic carbocycles. The number of hydrogen-bond donors (Lipinski definition) is 1. The standard InChI is InChI=1S/C15H18ClN3O2/c1-14(8-15(2,9-14)17-3)12-18-19-13(21-12)20-11-6-4-10(16)5-7-11/h4-7,17H,8-9H2,1-3H3. The van der Waals surface area contributed by atoms with E-state index in [1.807, 2.05) is 7.05 Å². The molecular formula is C15H18ClN3O2. The Morgan fingerprint density at radius 1 is 1.19 bits per heavy atom. The number of ether oxygens (including phenoxy) is 1. The smallest absolute Gasteiger partial charge is 0.410 e. The highest BCUT2D eigenvalue weighted by molar-refractivity contribution is 6.30. The van der Waals surface area contributed by atoms with Crippen molar-refractivity contribution in [2.75, 3.05) is 7.05 Å². The van der Waals surface area contributed by atoms with Crippen LogP contribution < -0.4 is 10.1 Å². The summed E-state index contributed by atoms with van der Waals surface area (Å²) >= 11 is 5.83. The zero-order chi connectivity index (χ0) is 15.1. The van der Waals surface area contributed by atoms with Crippen molar-refractivity contribution in [3.05, 3.63) is 35.2 Å². The largest absolute Gasteiger partial charge is 0.420 e. The van der Waals surface area contributed by atoms with Crippen LogP contribution in [0.4, 0.5) is 0 Å². The van der Waals surface area contributed by atoms with Gasteiger partial charge in [0.15, 0.2) is 0 Å². The Labute approximate surface area is 128 Å². The molecule has 1 fully saturated rings. The summed E-state index contributed by atoms with van der Waals surface area (Å²) in [6.07, 6.45) is 2.07. The number of hydrogen-bond acceptors (Lipinski definition) is 5. The van der Waals surface area contributed by atoms with E-state index in [1.165, 1.54) is 0 Å². The Morgan fingerprint density at radius 3 is 2.48 bits per heavy atom. The van der Waals surface area contributed by atoms with Crippen molar-refractivity contribution in [2.24, 2.45) is 0 Å². The van der Waals surface area contributed by atoms with Crippen molar-refractivity contribution in [1.82, 2.24) is 15.5 Å². The van der Waals surface area contributed by atoms with E-state index in [-0.39, 0.29) is 17.0 Å². The van der Waals surface area contributed by atoms with Crippen LogP contribution in [0.1, 0.15) is 32.6 Å². The predicted molar refractivity (Wildman–Crippen MR) is 79.9 cm³/mol. The molecule has 0 bridgehead atoms. The molecule has 1 aliphatic rings. The second kappa shape index (κ2) is 5.00. The minimum atomic E-state index is -0.0909. The van der Waals surface area contributed by atoms with Crippen molar-refractivity contribution >= 4 is 11.6 Å². The number of nitrogens with zero attached hydrogens (tertiary/aromatic N) is 2. The third-order valence-electron chi connectivity index (χ3n) is 4.11. The van der Waals surface area contributed by atoms with Crippen molar-refractivity contribution in [1.29, 1.82) is 0 Å². The van der Waals surface area contributed by atoms with E-state index >= 15 is 0 Å². The van der Waals surface area contributed by atoms with Crippen LogP contribution in [0.5, 0.6) is 11.8 Å². The lowest BCUT2D eigenvalue weighted by molar-refractivity contribution is 0.0784. The van der Waals surface area contributed by atoms with Crippen LogP contribution in [0.15, 0.2) is 28.7 Å². The number of halogens is 1. The van der Waals surface area contributed by atoms with Gasteiger partial charge >= 0.3 is 6.08 Å². The van der Waals surface area contributed by atoms with Crippen LogP contribution in [0.3, 0.4) is 0 Å². The van der Waals surface area contributed by atoms with Gasteiger partial charge in [0.25, 0.3) is 0 Å². The number of nitrogens with one attached hydrogen (secondary N) is 1. The van der Waals surface area contributed by atoms with Crippen LogP contribution in [0, 0.1) is 0 Å². The molecule has 0 radical (unpaired) electrons. The Hall–Kier alpha value is -1.59. The average molecular weight is 308 g/mol. The van der Waals surface area contributed by atoms with Gasteiger partial charge in [-0.25, -0.2) is 0 Å². The highest BCUT2D eigenvalue weighted by Gasteiger charge is 2.52. The Morgan fingerprint density at radius 2 is 1.86 bits per heavy atom. The van der Waals surface area contributed by atoms with E-state index in [0.717, 1.165) is 12.8 Å². The summed E-state index contributed by atoms with van der Waals surface area (Å²) in [4.78, 5) is 0. The third-order valence-corrected chi connectivity index (χ3v) is 4.36. The van der Waals surface area contributed by atoms with E-state index in [1.54, 1.807) is 24.3 Å². The Bertz CT molecular complexity index is 633. The Balaban J connectivity index is 1.71. The highest BCUT2D eigenvalue weighted by atomic mass is 35.5. The number of aromatic nitrogens is 2. The molecule has 5 nitrogen and oxygen atoms in total. The normalized spacial score (nSPS) is 28.2. The summed E-state index contributed by atoms with van der Waals surface area (Å²) in [6.45, 7) is 4.32. The van der Waals surface area contributed by atoms with Gasteiger partial charge in [0.05, 0.1) is 0 Å². The van der Waals surface area contributed by atoms with Crippen LogP contribution >= 0.6 is 11.6 Å². The predicted octanol–water partition coefficient (Wildman–Crippen LogP) is 3.54. The molecule has 0 amide bonds. The van der Waals surface area contributed by atoms with Gasteiger partial charge in [0.1, 0.15) is 5.75 Å². The molecule has 0 unspecified atom stereocenters. The molecule has 1 aromatic heterocycles. The first-order valence-electron chi connectivity index (χ1n) is 6.89. The highest BCUT2D eigenvalue weighted by Crippen LogP contribution is 2.49. The van der Waals surface area contributed by atoms with Gasteiger partial charge in [-0.15, -0.1) is 5.10 Å². The SMILES string of the molecule is CNC1(C)CC(C)(c2nnc(Oc3ccc(Cl)cc3)o2)C1. The summed E-state index contributed by atoms with van der Waals surface area (Å²) in [7, 11) is 1.97. The monoisotopic (exact) mass is 307 g/mol. The first-order chi connectivity index (χ1) is 9.92. The molecule has 21 heavy (non-hydrogen) atoms. The third kappa shape index (κ3) is 2.76. The lowest BCUT2D eigenvalue weighted by Crippen LogP contribution is -2.58. The zero-order valence-corrected chi connectivity index (χ0v) is 13.1. The van der Waals surface area contributed by atoms with Gasteiger partial charge in [0, 0.05) is 16.0 Å². The van der Waals surface area contributed by atoms with Crippen molar-refractivity contribution < 1.29 is 9.15 Å². The van der Waals surface area contributed by atoms with Gasteiger partial charge in [-0.3, -0.25) is 0 Å². The van der Waals surface area contributed by atoms with Gasteiger partial charge in [0.2, 0.25) is 5.89 Å². The number of benzene rings is 1. The van der Waals surface area contributed by atoms with Gasteiger partial charge in [-0.1, -0.05) is 23.6 Å². The van der Waals surface area contributed by atoms with Gasteiger partial charge in [-0.2, -0.15) is 0 Å². The molecule has 0 atom stereocenters. The summed E-state index contributed by atoms with van der Waals surface area (Å²) < 4.78 is 11.2. The minimum absolute atomic E-state index is 0.0909. The number of rotatable bonds is 4. The maximum atomic E-state index is 5.83. The molecule has 1 saturated carbocycles. The molecular weight excluding hydrogens is 290 g/mol. The fourth-order valence-electron chi connectivity index (χ4n) is 3.10. The van der Waals surface area contributed by atoms with Crippen molar-refractivity contribution in [2.45, 2.75) is 37.6 Å². The van der Waals surface area contributed by atoms with Crippen molar-refractivity contribution in [3.63, 3.8) is 0 Å². The maximum absolute atomic E-state index is 5.83. The first kappa shape index (κ1) is 14.4. The first-order valence-corrected chi connectivity index (χ1v) is 7.27. The second-order valence-corrected chi connectivity index (χ2v) is 6.59. The van der Waals surface area contributed by atoms with E-state index in [0.29, 0.717) is 16.7 Å². The molecule has 1 heterocycles. The van der Waals surface area contributed by atoms with Crippen LogP contribution in [0.2, 0.25) is 5.02 Å².